The van der Waals surface area contributed by atoms with Crippen LogP contribution in [0.2, 0.25) is 0 Å². The Kier molecular flexibility index (Phi) is 2.96. The molecule has 1 aromatic carbocycles. The van der Waals surface area contributed by atoms with Crippen LogP contribution in [-0.2, 0) is 4.74 Å². The minimum atomic E-state index is -0.349. The number of rotatable bonds is 2. The Hall–Kier alpha value is -0.710. The molecule has 3 nitrogen and oxygen atoms in total. The molecule has 1 aliphatic heterocycles. The molecule has 0 saturated carbocycles. The molecule has 2 atom stereocenters. The normalized spacial score (nSPS) is 26.6. The molecular formula is C10H13NO2S. The van der Waals surface area contributed by atoms with Gasteiger partial charge >= 0.3 is 0 Å². The summed E-state index contributed by atoms with van der Waals surface area (Å²) in [7, 11) is 0. The predicted molar refractivity (Wildman–Crippen MR) is 57.3 cm³/mol. The lowest BCUT2D eigenvalue weighted by Crippen LogP contribution is -2.19. The Labute approximate surface area is 87.3 Å². The van der Waals surface area contributed by atoms with Gasteiger partial charge in [-0.25, -0.2) is 0 Å². The van der Waals surface area contributed by atoms with Gasteiger partial charge in [0.25, 0.3) is 0 Å². The van der Waals surface area contributed by atoms with Gasteiger partial charge in [-0.3, -0.25) is 0 Å². The van der Waals surface area contributed by atoms with E-state index in [0.29, 0.717) is 13.2 Å². The molecule has 1 heterocycles. The van der Waals surface area contributed by atoms with Crippen LogP contribution in [0.4, 0.5) is 5.69 Å². The summed E-state index contributed by atoms with van der Waals surface area (Å²) in [6, 6.07) is 7.66. The lowest BCUT2D eigenvalue weighted by atomic mass is 10.3. The molecule has 1 aliphatic rings. The van der Waals surface area contributed by atoms with Crippen LogP contribution in [0.15, 0.2) is 29.2 Å². The molecule has 0 bridgehead atoms. The minimum absolute atomic E-state index is 0.152. The molecule has 0 radical (unpaired) electrons. The van der Waals surface area contributed by atoms with Gasteiger partial charge in [0, 0.05) is 10.6 Å². The van der Waals surface area contributed by atoms with Crippen molar-refractivity contribution >= 4 is 17.4 Å². The standard InChI is InChI=1S/C10H13NO2S/c11-7-1-3-8(4-2-7)14-10-6-13-5-9(10)12/h1-4,9-10,12H,5-6,11H2/t9-,10-/m1/s1. The summed E-state index contributed by atoms with van der Waals surface area (Å²) in [5, 5.41) is 9.69. The van der Waals surface area contributed by atoms with E-state index in [1.807, 2.05) is 24.3 Å². The zero-order valence-corrected chi connectivity index (χ0v) is 8.54. The maximum Gasteiger partial charge on any atom is 0.0917 e. The van der Waals surface area contributed by atoms with E-state index in [2.05, 4.69) is 0 Å². The highest BCUT2D eigenvalue weighted by atomic mass is 32.2. The first-order valence-corrected chi connectivity index (χ1v) is 5.41. The first-order chi connectivity index (χ1) is 6.75. The molecule has 4 heteroatoms. The summed E-state index contributed by atoms with van der Waals surface area (Å²) in [6.07, 6.45) is -0.349. The number of nitrogen functional groups attached to an aromatic ring is 1. The van der Waals surface area contributed by atoms with Crippen molar-refractivity contribution in [2.45, 2.75) is 16.2 Å². The summed E-state index contributed by atoms with van der Waals surface area (Å²) >= 11 is 1.64. The fourth-order valence-electron chi connectivity index (χ4n) is 1.36. The number of hydrogen-bond acceptors (Lipinski definition) is 4. The average Bonchev–Trinajstić information content (AvgIpc) is 2.56. The smallest absolute Gasteiger partial charge is 0.0917 e. The van der Waals surface area contributed by atoms with Crippen molar-refractivity contribution in [2.24, 2.45) is 0 Å². The van der Waals surface area contributed by atoms with E-state index in [1.54, 1.807) is 11.8 Å². The van der Waals surface area contributed by atoms with Crippen LogP contribution in [0, 0.1) is 0 Å². The van der Waals surface area contributed by atoms with Gasteiger partial charge in [-0.05, 0) is 24.3 Å². The van der Waals surface area contributed by atoms with Crippen molar-refractivity contribution in [1.29, 1.82) is 0 Å². The molecule has 2 rings (SSSR count). The Balaban J connectivity index is 2.00. The number of ether oxygens (including phenoxy) is 1. The number of benzene rings is 1. The van der Waals surface area contributed by atoms with Gasteiger partial charge in [0.15, 0.2) is 0 Å². The number of hydrogen-bond donors (Lipinski definition) is 2. The first-order valence-electron chi connectivity index (χ1n) is 4.54. The minimum Gasteiger partial charge on any atom is -0.399 e. The van der Waals surface area contributed by atoms with E-state index in [9.17, 15) is 5.11 Å². The molecule has 1 fully saturated rings. The Morgan fingerprint density at radius 1 is 1.29 bits per heavy atom. The molecule has 0 aliphatic carbocycles. The van der Waals surface area contributed by atoms with Crippen LogP contribution in [0.25, 0.3) is 0 Å². The Bertz CT molecular complexity index is 301. The number of nitrogens with two attached hydrogens (primary N) is 1. The largest absolute Gasteiger partial charge is 0.399 e. The van der Waals surface area contributed by atoms with E-state index in [-0.39, 0.29) is 11.4 Å². The van der Waals surface area contributed by atoms with E-state index in [0.717, 1.165) is 10.6 Å². The van der Waals surface area contributed by atoms with Crippen LogP contribution in [0.3, 0.4) is 0 Å². The number of aliphatic hydroxyl groups is 1. The molecule has 1 saturated heterocycles. The summed E-state index contributed by atoms with van der Waals surface area (Å²) in [5.41, 5.74) is 6.34. The van der Waals surface area contributed by atoms with E-state index in [1.165, 1.54) is 0 Å². The Morgan fingerprint density at radius 3 is 2.57 bits per heavy atom. The zero-order valence-electron chi connectivity index (χ0n) is 7.72. The summed E-state index contributed by atoms with van der Waals surface area (Å²) in [4.78, 5) is 1.12. The third kappa shape index (κ3) is 2.20. The second-order valence-corrected chi connectivity index (χ2v) is 4.64. The lowest BCUT2D eigenvalue weighted by molar-refractivity contribution is 0.127. The van der Waals surface area contributed by atoms with Gasteiger partial charge in [0.05, 0.1) is 24.6 Å². The quantitative estimate of drug-likeness (QED) is 0.720. The molecule has 0 spiro atoms. The topological polar surface area (TPSA) is 55.5 Å². The second kappa shape index (κ2) is 4.21. The number of thioether (sulfide) groups is 1. The van der Waals surface area contributed by atoms with Gasteiger partial charge in [-0.1, -0.05) is 0 Å². The van der Waals surface area contributed by atoms with Crippen LogP contribution in [0.5, 0.6) is 0 Å². The Morgan fingerprint density at radius 2 is 2.00 bits per heavy atom. The van der Waals surface area contributed by atoms with Crippen molar-refractivity contribution in [2.75, 3.05) is 18.9 Å². The predicted octanol–water partition coefficient (Wildman–Crippen LogP) is 1.12. The van der Waals surface area contributed by atoms with Crippen LogP contribution in [-0.4, -0.2) is 29.7 Å². The monoisotopic (exact) mass is 211 g/mol. The molecular weight excluding hydrogens is 198 g/mol. The van der Waals surface area contributed by atoms with Gasteiger partial charge in [-0.15, -0.1) is 11.8 Å². The SMILES string of the molecule is Nc1ccc(S[C@@H]2COC[C@H]2O)cc1. The maximum absolute atomic E-state index is 9.53. The third-order valence-electron chi connectivity index (χ3n) is 2.17. The highest BCUT2D eigenvalue weighted by Gasteiger charge is 2.26. The van der Waals surface area contributed by atoms with Crippen molar-refractivity contribution in [3.63, 3.8) is 0 Å². The molecule has 3 N–H and O–H groups in total. The van der Waals surface area contributed by atoms with E-state index < -0.39 is 0 Å². The van der Waals surface area contributed by atoms with Gasteiger partial charge in [0.2, 0.25) is 0 Å². The van der Waals surface area contributed by atoms with Crippen LogP contribution >= 0.6 is 11.8 Å². The molecule has 76 valence electrons. The average molecular weight is 211 g/mol. The van der Waals surface area contributed by atoms with Crippen molar-refractivity contribution < 1.29 is 9.84 Å². The third-order valence-corrected chi connectivity index (χ3v) is 3.46. The highest BCUT2D eigenvalue weighted by molar-refractivity contribution is 8.00. The van der Waals surface area contributed by atoms with Crippen LogP contribution in [0.1, 0.15) is 0 Å². The van der Waals surface area contributed by atoms with Gasteiger partial charge in [-0.2, -0.15) is 0 Å². The zero-order chi connectivity index (χ0) is 9.97. The highest BCUT2D eigenvalue weighted by Crippen LogP contribution is 2.29. The van der Waals surface area contributed by atoms with Crippen molar-refractivity contribution in [1.82, 2.24) is 0 Å². The van der Waals surface area contributed by atoms with Crippen LogP contribution < -0.4 is 5.73 Å². The van der Waals surface area contributed by atoms with Crippen molar-refractivity contribution in [3.05, 3.63) is 24.3 Å². The lowest BCUT2D eigenvalue weighted by Gasteiger charge is -2.11. The van der Waals surface area contributed by atoms with Gasteiger partial charge < -0.3 is 15.6 Å². The maximum atomic E-state index is 9.53. The number of anilines is 1. The first kappa shape index (κ1) is 9.83. The molecule has 0 amide bonds. The summed E-state index contributed by atoms with van der Waals surface area (Å²) < 4.78 is 5.17. The molecule has 0 aromatic heterocycles. The summed E-state index contributed by atoms with van der Waals surface area (Å²) in [5.74, 6) is 0. The second-order valence-electron chi connectivity index (χ2n) is 3.33. The number of aliphatic hydroxyl groups excluding tert-OH is 1. The van der Waals surface area contributed by atoms with Gasteiger partial charge in [0.1, 0.15) is 0 Å². The molecule has 0 unspecified atom stereocenters. The fraction of sp³-hybridized carbons (Fsp3) is 0.400. The van der Waals surface area contributed by atoms with E-state index >= 15 is 0 Å². The fourth-order valence-corrected chi connectivity index (χ4v) is 2.40. The molecule has 14 heavy (non-hydrogen) atoms. The van der Waals surface area contributed by atoms with E-state index in [4.69, 9.17) is 10.5 Å². The summed E-state index contributed by atoms with van der Waals surface area (Å²) in [6.45, 7) is 1.07. The van der Waals surface area contributed by atoms with Crippen molar-refractivity contribution in [3.8, 4) is 0 Å². The molecule has 1 aromatic rings.